The molecule has 2 aliphatic rings. The fourth-order valence-corrected chi connectivity index (χ4v) is 5.02. The molecule has 0 N–H and O–H groups in total. The lowest BCUT2D eigenvalue weighted by atomic mass is 9.88. The van der Waals surface area contributed by atoms with Crippen LogP contribution in [0.5, 0.6) is 5.75 Å². The van der Waals surface area contributed by atoms with Gasteiger partial charge in [-0.2, -0.15) is 5.26 Å². The Balaban J connectivity index is 0.000000248. The van der Waals surface area contributed by atoms with Crippen molar-refractivity contribution in [3.05, 3.63) is 58.4 Å². The first-order chi connectivity index (χ1) is 16.4. The highest BCUT2D eigenvalue weighted by atomic mass is 35.5. The van der Waals surface area contributed by atoms with Gasteiger partial charge in [-0.15, -0.1) is 0 Å². The number of aldehydes is 1. The van der Waals surface area contributed by atoms with Gasteiger partial charge < -0.3 is 14.5 Å². The van der Waals surface area contributed by atoms with E-state index in [-0.39, 0.29) is 5.75 Å². The molecule has 0 radical (unpaired) electrons. The Morgan fingerprint density at radius 2 is 1.97 bits per heavy atom. The van der Waals surface area contributed by atoms with Crippen LogP contribution in [0.1, 0.15) is 54.4 Å². The number of rotatable bonds is 6. The van der Waals surface area contributed by atoms with Gasteiger partial charge in [0, 0.05) is 30.4 Å². The molecule has 34 heavy (non-hydrogen) atoms. The van der Waals surface area contributed by atoms with E-state index < -0.39 is 5.82 Å². The van der Waals surface area contributed by atoms with E-state index in [2.05, 4.69) is 33.7 Å². The van der Waals surface area contributed by atoms with Crippen LogP contribution in [0.25, 0.3) is 0 Å². The molecule has 2 aromatic rings. The number of hydrogen-bond donors (Lipinski definition) is 0. The molecule has 2 aromatic carbocycles. The van der Waals surface area contributed by atoms with E-state index in [0.717, 1.165) is 25.6 Å². The third kappa shape index (κ3) is 6.94. The predicted octanol–water partition coefficient (Wildman–Crippen LogP) is 5.95. The standard InChI is InChI=1S/C19H26ClN3.C8H7FO2/c1-22-10-9-18(14-22)23(13-15-5-3-2-4-6-15)17-8-7-16(12-21)19(20)11-17;1-11-8-4-6(5-10)2-3-7(8)9/h7-8,11,15,18H,2-6,9-10,13-14H2,1H3;2-5H,1H3. The topological polar surface area (TPSA) is 56.6 Å². The quantitative estimate of drug-likeness (QED) is 0.473. The zero-order chi connectivity index (χ0) is 24.5. The second kappa shape index (κ2) is 12.7. The van der Waals surface area contributed by atoms with Gasteiger partial charge in [-0.1, -0.05) is 30.9 Å². The minimum Gasteiger partial charge on any atom is -0.494 e. The van der Waals surface area contributed by atoms with Gasteiger partial charge in [-0.25, -0.2) is 4.39 Å². The largest absolute Gasteiger partial charge is 0.494 e. The number of methoxy groups -OCH3 is 1. The fraction of sp³-hybridized carbons (Fsp3) is 0.481. The van der Waals surface area contributed by atoms with Crippen LogP contribution in [0.3, 0.4) is 0 Å². The van der Waals surface area contributed by atoms with Crippen LogP contribution in [0.4, 0.5) is 10.1 Å². The van der Waals surface area contributed by atoms with E-state index in [0.29, 0.717) is 28.5 Å². The van der Waals surface area contributed by atoms with Gasteiger partial charge in [-0.3, -0.25) is 4.79 Å². The van der Waals surface area contributed by atoms with Crippen LogP contribution in [0.2, 0.25) is 5.02 Å². The summed E-state index contributed by atoms with van der Waals surface area (Å²) in [7, 11) is 3.55. The maximum Gasteiger partial charge on any atom is 0.165 e. The molecule has 182 valence electrons. The van der Waals surface area contributed by atoms with Crippen LogP contribution in [-0.2, 0) is 0 Å². The van der Waals surface area contributed by atoms with Gasteiger partial charge in [0.2, 0.25) is 0 Å². The van der Waals surface area contributed by atoms with Crippen molar-refractivity contribution in [3.8, 4) is 11.8 Å². The summed E-state index contributed by atoms with van der Waals surface area (Å²) < 4.78 is 17.3. The van der Waals surface area contributed by atoms with E-state index >= 15 is 0 Å². The number of benzene rings is 2. The van der Waals surface area contributed by atoms with Crippen molar-refractivity contribution < 1.29 is 13.9 Å². The summed E-state index contributed by atoms with van der Waals surface area (Å²) in [5.41, 5.74) is 2.15. The number of anilines is 1. The van der Waals surface area contributed by atoms with Gasteiger partial charge in [-0.05, 0) is 75.2 Å². The van der Waals surface area contributed by atoms with Crippen molar-refractivity contribution in [1.29, 1.82) is 5.26 Å². The third-order valence-corrected chi connectivity index (χ3v) is 7.02. The molecule has 0 amide bonds. The van der Waals surface area contributed by atoms with Crippen LogP contribution in [0.15, 0.2) is 36.4 Å². The first-order valence-electron chi connectivity index (χ1n) is 11.9. The van der Waals surface area contributed by atoms with Crippen molar-refractivity contribution in [2.45, 2.75) is 44.6 Å². The molecule has 7 heteroatoms. The summed E-state index contributed by atoms with van der Waals surface area (Å²) in [4.78, 5) is 15.2. The second-order valence-electron chi connectivity index (χ2n) is 9.15. The molecule has 0 aromatic heterocycles. The smallest absolute Gasteiger partial charge is 0.165 e. The number of ether oxygens (including phenoxy) is 1. The minimum absolute atomic E-state index is 0.0922. The second-order valence-corrected chi connectivity index (χ2v) is 9.56. The van der Waals surface area contributed by atoms with Gasteiger partial charge >= 0.3 is 0 Å². The maximum atomic E-state index is 12.7. The highest BCUT2D eigenvalue weighted by molar-refractivity contribution is 6.32. The van der Waals surface area contributed by atoms with Gasteiger partial charge in [0.1, 0.15) is 12.4 Å². The first-order valence-corrected chi connectivity index (χ1v) is 12.3. The summed E-state index contributed by atoms with van der Waals surface area (Å²) >= 11 is 6.29. The lowest BCUT2D eigenvalue weighted by molar-refractivity contribution is 0.112. The van der Waals surface area contributed by atoms with E-state index in [4.69, 9.17) is 16.9 Å². The highest BCUT2D eigenvalue weighted by Gasteiger charge is 2.28. The molecular formula is C27H33ClFN3O2. The Morgan fingerprint density at radius 1 is 1.21 bits per heavy atom. The molecule has 1 aliphatic heterocycles. The lowest BCUT2D eigenvalue weighted by Gasteiger charge is -2.36. The molecular weight excluding hydrogens is 453 g/mol. The Hall–Kier alpha value is -2.62. The summed E-state index contributed by atoms with van der Waals surface area (Å²) in [6, 6.07) is 12.6. The molecule has 1 atom stereocenters. The average molecular weight is 486 g/mol. The van der Waals surface area contributed by atoms with Crippen LogP contribution in [0, 0.1) is 23.1 Å². The van der Waals surface area contributed by atoms with E-state index in [1.54, 1.807) is 0 Å². The maximum absolute atomic E-state index is 12.7. The van der Waals surface area contributed by atoms with Crippen LogP contribution < -0.4 is 9.64 Å². The summed E-state index contributed by atoms with van der Waals surface area (Å²) in [6.45, 7) is 3.40. The average Bonchev–Trinajstić information content (AvgIpc) is 3.29. The molecule has 1 saturated carbocycles. The van der Waals surface area contributed by atoms with Crippen molar-refractivity contribution in [1.82, 2.24) is 4.90 Å². The zero-order valence-electron chi connectivity index (χ0n) is 20.0. The van der Waals surface area contributed by atoms with Crippen molar-refractivity contribution in [2.75, 3.05) is 38.7 Å². The number of halogens is 2. The van der Waals surface area contributed by atoms with E-state index in [9.17, 15) is 9.18 Å². The Kier molecular flexibility index (Phi) is 9.74. The number of carbonyl (C=O) groups excluding carboxylic acids is 1. The molecule has 5 nitrogen and oxygen atoms in total. The number of carbonyl (C=O) groups is 1. The fourth-order valence-electron chi connectivity index (χ4n) is 4.80. The summed E-state index contributed by atoms with van der Waals surface area (Å²) in [5, 5.41) is 9.67. The van der Waals surface area contributed by atoms with Crippen LogP contribution >= 0.6 is 11.6 Å². The van der Waals surface area contributed by atoms with E-state index in [1.807, 2.05) is 12.1 Å². The van der Waals surface area contributed by atoms with Gasteiger partial charge in [0.25, 0.3) is 0 Å². The number of hydrogen-bond acceptors (Lipinski definition) is 5. The SMILES string of the molecule is CN1CCC(N(CC2CCCCC2)c2ccc(C#N)c(Cl)c2)C1.COc1cc(C=O)ccc1F. The van der Waals surface area contributed by atoms with Gasteiger partial charge in [0.05, 0.1) is 17.7 Å². The Morgan fingerprint density at radius 3 is 2.56 bits per heavy atom. The predicted molar refractivity (Wildman–Crippen MR) is 134 cm³/mol. The molecule has 0 spiro atoms. The molecule has 0 bridgehead atoms. The third-order valence-electron chi connectivity index (χ3n) is 6.70. The van der Waals surface area contributed by atoms with Crippen molar-refractivity contribution in [3.63, 3.8) is 0 Å². The summed E-state index contributed by atoms with van der Waals surface area (Å²) in [5.74, 6) is 0.428. The van der Waals surface area contributed by atoms with Crippen molar-refractivity contribution in [2.24, 2.45) is 5.92 Å². The number of nitriles is 1. The highest BCUT2D eigenvalue weighted by Crippen LogP contribution is 2.31. The minimum atomic E-state index is -0.460. The number of likely N-dealkylation sites (N-methyl/N-ethyl adjacent to an activating group) is 1. The summed E-state index contributed by atoms with van der Waals surface area (Å²) in [6.07, 6.45) is 8.69. The lowest BCUT2D eigenvalue weighted by Crippen LogP contribution is -2.41. The molecule has 1 aliphatic carbocycles. The molecule has 1 heterocycles. The van der Waals surface area contributed by atoms with E-state index in [1.165, 1.54) is 69.5 Å². The van der Waals surface area contributed by atoms with Crippen LogP contribution in [-0.4, -0.2) is 51.0 Å². The normalized spacial score (nSPS) is 18.5. The van der Waals surface area contributed by atoms with Crippen molar-refractivity contribution >= 4 is 23.6 Å². The van der Waals surface area contributed by atoms with Gasteiger partial charge in [0.15, 0.2) is 11.6 Å². The molecule has 1 saturated heterocycles. The Labute approximate surface area is 207 Å². The number of likely N-dealkylation sites (tertiary alicyclic amines) is 1. The monoisotopic (exact) mass is 485 g/mol. The Bertz CT molecular complexity index is 1000. The first kappa shape index (κ1) is 26.0. The molecule has 4 rings (SSSR count). The molecule has 1 unspecified atom stereocenters. The molecule has 2 fully saturated rings. The zero-order valence-corrected chi connectivity index (χ0v) is 20.7. The number of nitrogens with zero attached hydrogens (tertiary/aromatic N) is 3.